The molecule has 3 aromatic rings. The maximum atomic E-state index is 12.4. The van der Waals surface area contributed by atoms with E-state index in [1.54, 1.807) is 40.9 Å². The van der Waals surface area contributed by atoms with Gasteiger partial charge in [-0.3, -0.25) is 9.59 Å². The number of nitrogens with zero attached hydrogens (tertiary/aromatic N) is 1. The van der Waals surface area contributed by atoms with Gasteiger partial charge in [-0.15, -0.1) is 22.7 Å². The smallest absolute Gasteiger partial charge is 0.262 e. The molecule has 0 radical (unpaired) electrons. The third-order valence-corrected chi connectivity index (χ3v) is 6.01. The lowest BCUT2D eigenvalue weighted by Gasteiger charge is -2.18. The maximum absolute atomic E-state index is 12.4. The molecule has 138 valence electrons. The lowest BCUT2D eigenvalue weighted by molar-refractivity contribution is -0.118. The standard InChI is InChI=1S/C19H17N3O3S2/c1-11-21-15(10-26-11)17-5-3-13(27-17)6-7-20-19(24)12-2-4-16-14(8-12)22-18(23)9-25-16/h2-5,8,10H,6-7,9H2,1H3,(H,20,24)(H,22,23). The summed E-state index contributed by atoms with van der Waals surface area (Å²) in [5, 5.41) is 8.74. The second-order valence-electron chi connectivity index (χ2n) is 6.07. The molecule has 0 saturated carbocycles. The Morgan fingerprint density at radius 2 is 2.22 bits per heavy atom. The minimum absolute atomic E-state index is 0.00180. The van der Waals surface area contributed by atoms with E-state index in [1.807, 2.05) is 6.92 Å². The first-order valence-corrected chi connectivity index (χ1v) is 10.1. The van der Waals surface area contributed by atoms with Crippen LogP contribution in [0.4, 0.5) is 5.69 Å². The number of thiazole rings is 1. The first-order chi connectivity index (χ1) is 13.1. The topological polar surface area (TPSA) is 80.3 Å². The van der Waals surface area contributed by atoms with Crippen LogP contribution in [-0.2, 0) is 11.2 Å². The van der Waals surface area contributed by atoms with Crippen LogP contribution in [0, 0.1) is 6.92 Å². The van der Waals surface area contributed by atoms with E-state index >= 15 is 0 Å². The van der Waals surface area contributed by atoms with Gasteiger partial charge < -0.3 is 15.4 Å². The van der Waals surface area contributed by atoms with Crippen molar-refractivity contribution in [1.29, 1.82) is 0 Å². The highest BCUT2D eigenvalue weighted by atomic mass is 32.1. The van der Waals surface area contributed by atoms with Crippen molar-refractivity contribution in [2.24, 2.45) is 0 Å². The summed E-state index contributed by atoms with van der Waals surface area (Å²) in [5.41, 5.74) is 2.03. The molecule has 4 rings (SSSR count). The summed E-state index contributed by atoms with van der Waals surface area (Å²) >= 11 is 3.34. The predicted molar refractivity (Wildman–Crippen MR) is 107 cm³/mol. The lowest BCUT2D eigenvalue weighted by atomic mass is 10.1. The number of amides is 2. The fourth-order valence-corrected chi connectivity index (χ4v) is 4.41. The van der Waals surface area contributed by atoms with Gasteiger partial charge in [0.2, 0.25) is 0 Å². The minimum atomic E-state index is -0.219. The summed E-state index contributed by atoms with van der Waals surface area (Å²) < 4.78 is 5.30. The summed E-state index contributed by atoms with van der Waals surface area (Å²) in [6.45, 7) is 2.53. The largest absolute Gasteiger partial charge is 0.482 e. The number of rotatable bonds is 5. The molecule has 0 spiro atoms. The first-order valence-electron chi connectivity index (χ1n) is 8.44. The van der Waals surface area contributed by atoms with Gasteiger partial charge in [-0.2, -0.15) is 0 Å². The van der Waals surface area contributed by atoms with Crippen molar-refractivity contribution in [3.05, 3.63) is 51.2 Å². The molecule has 0 saturated heterocycles. The van der Waals surface area contributed by atoms with Gasteiger partial charge >= 0.3 is 0 Å². The van der Waals surface area contributed by atoms with Gasteiger partial charge in [0.05, 0.1) is 21.3 Å². The summed E-state index contributed by atoms with van der Waals surface area (Å²) in [6, 6.07) is 9.18. The number of hydrogen-bond acceptors (Lipinski definition) is 6. The molecule has 1 aliphatic heterocycles. The first kappa shape index (κ1) is 17.7. The van der Waals surface area contributed by atoms with Crippen LogP contribution in [0.25, 0.3) is 10.6 Å². The summed E-state index contributed by atoms with van der Waals surface area (Å²) in [7, 11) is 0. The average molecular weight is 399 g/mol. The molecule has 0 unspecified atom stereocenters. The van der Waals surface area contributed by atoms with Crippen molar-refractivity contribution in [3.63, 3.8) is 0 Å². The monoisotopic (exact) mass is 399 g/mol. The minimum Gasteiger partial charge on any atom is -0.482 e. The van der Waals surface area contributed by atoms with E-state index in [-0.39, 0.29) is 18.4 Å². The summed E-state index contributed by atoms with van der Waals surface area (Å²) in [6.07, 6.45) is 0.754. The molecular weight excluding hydrogens is 382 g/mol. The normalized spacial score (nSPS) is 12.9. The van der Waals surface area contributed by atoms with Crippen molar-refractivity contribution in [2.75, 3.05) is 18.5 Å². The predicted octanol–water partition coefficient (Wildman–Crippen LogP) is 3.48. The van der Waals surface area contributed by atoms with E-state index in [1.165, 1.54) is 4.88 Å². The zero-order valence-corrected chi connectivity index (χ0v) is 16.2. The van der Waals surface area contributed by atoms with Gasteiger partial charge in [0.15, 0.2) is 6.61 Å². The zero-order valence-electron chi connectivity index (χ0n) is 14.6. The number of nitrogens with one attached hydrogen (secondary N) is 2. The summed E-state index contributed by atoms with van der Waals surface area (Å²) in [4.78, 5) is 30.6. The molecule has 8 heteroatoms. The molecular formula is C19H17N3O3S2. The van der Waals surface area contributed by atoms with Crippen molar-refractivity contribution in [1.82, 2.24) is 10.3 Å². The molecule has 0 atom stereocenters. The fraction of sp³-hybridized carbons (Fsp3) is 0.211. The van der Waals surface area contributed by atoms with E-state index in [0.717, 1.165) is 22.0 Å². The zero-order chi connectivity index (χ0) is 18.8. The van der Waals surface area contributed by atoms with Gasteiger partial charge in [-0.1, -0.05) is 0 Å². The molecule has 2 amide bonds. The van der Waals surface area contributed by atoms with Crippen LogP contribution >= 0.6 is 22.7 Å². The molecule has 1 aliphatic rings. The number of carbonyl (C=O) groups is 2. The number of benzene rings is 1. The number of ether oxygens (including phenoxy) is 1. The van der Waals surface area contributed by atoms with Crippen LogP contribution in [0.1, 0.15) is 20.2 Å². The van der Waals surface area contributed by atoms with Crippen molar-refractivity contribution in [2.45, 2.75) is 13.3 Å². The van der Waals surface area contributed by atoms with Crippen LogP contribution in [0.15, 0.2) is 35.7 Å². The number of hydrogen-bond donors (Lipinski definition) is 2. The Kier molecular flexibility index (Phi) is 4.91. The molecule has 6 nitrogen and oxygen atoms in total. The van der Waals surface area contributed by atoms with E-state index in [4.69, 9.17) is 4.74 Å². The molecule has 2 aromatic heterocycles. The lowest BCUT2D eigenvalue weighted by Crippen LogP contribution is -2.27. The Morgan fingerprint density at radius 1 is 1.33 bits per heavy atom. The molecule has 27 heavy (non-hydrogen) atoms. The Hall–Kier alpha value is -2.71. The number of aryl methyl sites for hydroxylation is 1. The number of thiophene rings is 1. The second-order valence-corrected chi connectivity index (χ2v) is 8.30. The van der Waals surface area contributed by atoms with E-state index in [0.29, 0.717) is 23.5 Å². The number of anilines is 1. The van der Waals surface area contributed by atoms with E-state index in [9.17, 15) is 9.59 Å². The maximum Gasteiger partial charge on any atom is 0.262 e. The average Bonchev–Trinajstić information content (AvgIpc) is 3.30. The third-order valence-electron chi connectivity index (χ3n) is 4.06. The number of aromatic nitrogens is 1. The highest BCUT2D eigenvalue weighted by Gasteiger charge is 2.17. The molecule has 3 heterocycles. The van der Waals surface area contributed by atoms with Gasteiger partial charge in [-0.25, -0.2) is 4.98 Å². The molecule has 0 bridgehead atoms. The van der Waals surface area contributed by atoms with Gasteiger partial charge in [-0.05, 0) is 43.7 Å². The molecule has 2 N–H and O–H groups in total. The number of fused-ring (bicyclic) bond motifs is 1. The van der Waals surface area contributed by atoms with Crippen LogP contribution in [0.5, 0.6) is 5.75 Å². The van der Waals surface area contributed by atoms with Gasteiger partial charge in [0, 0.05) is 22.4 Å². The van der Waals surface area contributed by atoms with Crippen LogP contribution in [0.3, 0.4) is 0 Å². The van der Waals surface area contributed by atoms with Crippen LogP contribution in [-0.4, -0.2) is 29.9 Å². The highest BCUT2D eigenvalue weighted by molar-refractivity contribution is 7.16. The molecule has 0 fully saturated rings. The van der Waals surface area contributed by atoms with Crippen LogP contribution < -0.4 is 15.4 Å². The SMILES string of the molecule is Cc1nc(-c2ccc(CCNC(=O)c3ccc4c(c3)NC(=O)CO4)s2)cs1. The van der Waals surface area contributed by atoms with E-state index in [2.05, 4.69) is 33.1 Å². The van der Waals surface area contributed by atoms with Crippen molar-refractivity contribution in [3.8, 4) is 16.3 Å². The van der Waals surface area contributed by atoms with Crippen molar-refractivity contribution < 1.29 is 14.3 Å². The molecule has 0 aliphatic carbocycles. The summed E-state index contributed by atoms with van der Waals surface area (Å²) in [5.74, 6) is 0.183. The van der Waals surface area contributed by atoms with Gasteiger partial charge in [0.25, 0.3) is 11.8 Å². The fourth-order valence-electron chi connectivity index (χ4n) is 2.75. The Bertz CT molecular complexity index is 1010. The second kappa shape index (κ2) is 7.50. The van der Waals surface area contributed by atoms with E-state index < -0.39 is 0 Å². The Balaban J connectivity index is 1.34. The van der Waals surface area contributed by atoms with Crippen LogP contribution in [0.2, 0.25) is 0 Å². The quantitative estimate of drug-likeness (QED) is 0.688. The Morgan fingerprint density at radius 3 is 3.04 bits per heavy atom. The Labute approximate surface area is 164 Å². The highest BCUT2D eigenvalue weighted by Crippen LogP contribution is 2.30. The number of carbonyl (C=O) groups excluding carboxylic acids is 2. The molecule has 1 aromatic carbocycles. The van der Waals surface area contributed by atoms with Crippen molar-refractivity contribution >= 4 is 40.2 Å². The third kappa shape index (κ3) is 4.01. The van der Waals surface area contributed by atoms with Gasteiger partial charge in [0.1, 0.15) is 5.75 Å².